The highest BCUT2D eigenvalue weighted by Crippen LogP contribution is 2.40. The van der Waals surface area contributed by atoms with Crippen molar-refractivity contribution < 1.29 is 14.6 Å². The number of hydrogen-bond acceptors (Lipinski definition) is 5. The summed E-state index contributed by atoms with van der Waals surface area (Å²) in [6.45, 7) is 1.92. The van der Waals surface area contributed by atoms with Gasteiger partial charge < -0.3 is 14.7 Å². The molecule has 2 aliphatic rings. The third-order valence-corrected chi connectivity index (χ3v) is 4.35. The number of carboxylic acid groups (broad SMARTS) is 1. The monoisotopic (exact) mass is 326 g/mol. The molecule has 0 bridgehead atoms. The molecule has 7 heteroatoms. The second-order valence-corrected chi connectivity index (χ2v) is 5.96. The molecule has 0 saturated carbocycles. The van der Waals surface area contributed by atoms with Crippen molar-refractivity contribution in [3.63, 3.8) is 0 Å². The lowest BCUT2D eigenvalue weighted by Gasteiger charge is -2.36. The molecule has 1 aromatic heterocycles. The zero-order chi connectivity index (χ0) is 16.5. The summed E-state index contributed by atoms with van der Waals surface area (Å²) in [5, 5.41) is 13.1. The molecule has 124 valence electrons. The van der Waals surface area contributed by atoms with Gasteiger partial charge in [-0.1, -0.05) is 12.1 Å². The number of para-hydroxylation sites is 1. The second kappa shape index (κ2) is 5.99. The molecule has 0 amide bonds. The fraction of sp³-hybridized carbons (Fsp3) is 0.353. The van der Waals surface area contributed by atoms with Crippen molar-refractivity contribution in [3.8, 4) is 5.75 Å². The summed E-state index contributed by atoms with van der Waals surface area (Å²) < 4.78 is 7.73. The van der Waals surface area contributed by atoms with E-state index in [1.165, 1.54) is 5.57 Å². The quantitative estimate of drug-likeness (QED) is 0.848. The molecule has 2 aromatic rings. The van der Waals surface area contributed by atoms with Crippen LogP contribution in [0.2, 0.25) is 0 Å². The molecular formula is C17H18N4O3. The minimum absolute atomic E-state index is 0.187. The third kappa shape index (κ3) is 2.51. The first-order valence-electron chi connectivity index (χ1n) is 8.05. The lowest BCUT2D eigenvalue weighted by atomic mass is 10.00. The Hall–Kier alpha value is -2.83. The number of benzene rings is 1. The Morgan fingerprint density at radius 3 is 3.04 bits per heavy atom. The number of nitrogens with zero attached hydrogens (tertiary/aromatic N) is 4. The van der Waals surface area contributed by atoms with Crippen molar-refractivity contribution in [3.05, 3.63) is 41.7 Å². The van der Waals surface area contributed by atoms with Crippen LogP contribution in [0.15, 0.2) is 36.2 Å². The molecule has 0 fully saturated rings. The van der Waals surface area contributed by atoms with Crippen LogP contribution in [0.3, 0.4) is 0 Å². The maximum atomic E-state index is 10.7. The maximum absolute atomic E-state index is 10.7. The molecule has 7 nitrogen and oxygen atoms in total. The molecule has 3 heterocycles. The smallest absolute Gasteiger partial charge is 0.303 e. The molecule has 24 heavy (non-hydrogen) atoms. The Morgan fingerprint density at radius 2 is 2.17 bits per heavy atom. The van der Waals surface area contributed by atoms with Crippen LogP contribution < -0.4 is 9.64 Å². The minimum Gasteiger partial charge on any atom is -0.488 e. The molecule has 0 unspecified atom stereocenters. The first-order valence-corrected chi connectivity index (χ1v) is 8.05. The average molecular weight is 326 g/mol. The van der Waals surface area contributed by atoms with E-state index < -0.39 is 5.97 Å². The van der Waals surface area contributed by atoms with Gasteiger partial charge in [-0.05, 0) is 25.0 Å². The van der Waals surface area contributed by atoms with Crippen LogP contribution in [0, 0.1) is 0 Å². The van der Waals surface area contributed by atoms with Crippen molar-refractivity contribution in [2.45, 2.75) is 25.8 Å². The average Bonchev–Trinajstić information content (AvgIpc) is 3.05. The molecule has 2 aliphatic heterocycles. The normalized spacial score (nSPS) is 15.4. The molecule has 0 aliphatic carbocycles. The molecular weight excluding hydrogens is 308 g/mol. The summed E-state index contributed by atoms with van der Waals surface area (Å²) >= 11 is 0. The Kier molecular flexibility index (Phi) is 3.68. The summed E-state index contributed by atoms with van der Waals surface area (Å²) in [5.74, 6) is 0.925. The molecule has 1 aromatic carbocycles. The van der Waals surface area contributed by atoms with Gasteiger partial charge in [0.2, 0.25) is 5.95 Å². The van der Waals surface area contributed by atoms with Crippen LogP contribution in [-0.2, 0) is 11.3 Å². The molecule has 0 spiro atoms. The van der Waals surface area contributed by atoms with Crippen molar-refractivity contribution in [2.75, 3.05) is 18.1 Å². The van der Waals surface area contributed by atoms with Crippen molar-refractivity contribution in [1.82, 2.24) is 14.8 Å². The van der Waals surface area contributed by atoms with Crippen LogP contribution >= 0.6 is 0 Å². The zero-order valence-corrected chi connectivity index (χ0v) is 13.2. The number of carbonyl (C=O) groups is 1. The SMILES string of the molecule is O=C(O)CCCCN1C2=C(COc3ccccc32)Cn2ncnc21. The lowest BCUT2D eigenvalue weighted by molar-refractivity contribution is -0.137. The van der Waals surface area contributed by atoms with Crippen LogP contribution in [0.1, 0.15) is 24.8 Å². The third-order valence-electron chi connectivity index (χ3n) is 4.35. The van der Waals surface area contributed by atoms with Gasteiger partial charge >= 0.3 is 5.97 Å². The van der Waals surface area contributed by atoms with Gasteiger partial charge in [0.25, 0.3) is 0 Å². The van der Waals surface area contributed by atoms with E-state index in [2.05, 4.69) is 21.0 Å². The van der Waals surface area contributed by atoms with E-state index >= 15 is 0 Å². The summed E-state index contributed by atoms with van der Waals surface area (Å²) in [5.41, 5.74) is 3.36. The highest BCUT2D eigenvalue weighted by atomic mass is 16.5. The van der Waals surface area contributed by atoms with Gasteiger partial charge in [-0.25, -0.2) is 4.68 Å². The van der Waals surface area contributed by atoms with Gasteiger partial charge in [0.05, 0.1) is 12.2 Å². The van der Waals surface area contributed by atoms with Crippen LogP contribution in [0.4, 0.5) is 5.95 Å². The number of unbranched alkanes of at least 4 members (excludes halogenated alkanes) is 1. The highest BCUT2D eigenvalue weighted by molar-refractivity contribution is 5.84. The van der Waals surface area contributed by atoms with E-state index in [-0.39, 0.29) is 6.42 Å². The highest BCUT2D eigenvalue weighted by Gasteiger charge is 2.32. The fourth-order valence-electron chi connectivity index (χ4n) is 3.29. The first-order chi connectivity index (χ1) is 11.7. The van der Waals surface area contributed by atoms with Gasteiger partial charge in [0, 0.05) is 24.1 Å². The molecule has 1 N–H and O–H groups in total. The summed E-state index contributed by atoms with van der Waals surface area (Å²) in [7, 11) is 0. The molecule has 0 atom stereocenters. The number of rotatable bonds is 5. The maximum Gasteiger partial charge on any atom is 0.303 e. The topological polar surface area (TPSA) is 80.5 Å². The standard InChI is InChI=1S/C17H18N4O3/c22-15(23)7-3-4-8-20-16-12(9-21-17(20)18-11-19-21)10-24-14-6-2-1-5-13(14)16/h1-2,5-6,11H,3-4,7-10H2,(H,22,23). The summed E-state index contributed by atoms with van der Waals surface area (Å²) in [6, 6.07) is 7.99. The van der Waals surface area contributed by atoms with Crippen molar-refractivity contribution >= 4 is 17.6 Å². The molecule has 0 radical (unpaired) electrons. The van der Waals surface area contributed by atoms with E-state index in [4.69, 9.17) is 9.84 Å². The number of carboxylic acids is 1. The van der Waals surface area contributed by atoms with Gasteiger partial charge in [-0.3, -0.25) is 4.79 Å². The number of hydrogen-bond donors (Lipinski definition) is 1. The number of fused-ring (bicyclic) bond motifs is 3. The zero-order valence-electron chi connectivity index (χ0n) is 13.2. The predicted octanol–water partition coefficient (Wildman–Crippen LogP) is 2.16. The van der Waals surface area contributed by atoms with E-state index in [0.29, 0.717) is 26.1 Å². The van der Waals surface area contributed by atoms with E-state index in [1.54, 1.807) is 6.33 Å². The van der Waals surface area contributed by atoms with Gasteiger partial charge in [-0.15, -0.1) is 0 Å². The number of ether oxygens (including phenoxy) is 1. The van der Waals surface area contributed by atoms with E-state index in [9.17, 15) is 4.79 Å². The number of anilines is 1. The van der Waals surface area contributed by atoms with Crippen molar-refractivity contribution in [2.24, 2.45) is 0 Å². The minimum atomic E-state index is -0.756. The Morgan fingerprint density at radius 1 is 1.29 bits per heavy atom. The Balaban J connectivity index is 1.66. The van der Waals surface area contributed by atoms with Crippen LogP contribution in [-0.4, -0.2) is 39.0 Å². The van der Waals surface area contributed by atoms with Gasteiger partial charge in [-0.2, -0.15) is 10.1 Å². The lowest BCUT2D eigenvalue weighted by Crippen LogP contribution is -2.35. The Labute approximate surface area is 139 Å². The fourth-order valence-corrected chi connectivity index (χ4v) is 3.29. The molecule has 4 rings (SSSR count). The Bertz CT molecular complexity index is 812. The number of aromatic nitrogens is 3. The molecule has 0 saturated heterocycles. The van der Waals surface area contributed by atoms with E-state index in [0.717, 1.165) is 29.4 Å². The van der Waals surface area contributed by atoms with Gasteiger partial charge in [0.1, 0.15) is 18.7 Å². The van der Waals surface area contributed by atoms with Crippen LogP contribution in [0.25, 0.3) is 5.70 Å². The summed E-state index contributed by atoms with van der Waals surface area (Å²) in [6.07, 6.45) is 3.16. The number of aliphatic carboxylic acids is 1. The largest absolute Gasteiger partial charge is 0.488 e. The first kappa shape index (κ1) is 14.7. The van der Waals surface area contributed by atoms with Gasteiger partial charge in [0.15, 0.2) is 0 Å². The second-order valence-electron chi connectivity index (χ2n) is 5.96. The van der Waals surface area contributed by atoms with Crippen molar-refractivity contribution in [1.29, 1.82) is 0 Å². The van der Waals surface area contributed by atoms with E-state index in [1.807, 2.05) is 22.9 Å². The predicted molar refractivity (Wildman–Crippen MR) is 87.7 cm³/mol. The summed E-state index contributed by atoms with van der Waals surface area (Å²) in [4.78, 5) is 17.3. The van der Waals surface area contributed by atoms with Crippen LogP contribution in [0.5, 0.6) is 5.75 Å².